The van der Waals surface area contributed by atoms with E-state index in [0.29, 0.717) is 12.3 Å². The molecule has 0 aliphatic carbocycles. The van der Waals surface area contributed by atoms with E-state index in [0.717, 1.165) is 20.8 Å². The fourth-order valence-electron chi connectivity index (χ4n) is 3.24. The van der Waals surface area contributed by atoms with Gasteiger partial charge in [0.1, 0.15) is 17.6 Å². The lowest BCUT2D eigenvalue weighted by atomic mass is 10.1. The smallest absolute Gasteiger partial charge is 0.261 e. The van der Waals surface area contributed by atoms with Crippen LogP contribution in [0.25, 0.3) is 10.8 Å². The van der Waals surface area contributed by atoms with Gasteiger partial charge in [-0.25, -0.2) is 4.39 Å². The molecule has 7 heteroatoms. The molecule has 31 heavy (non-hydrogen) atoms. The standard InChI is InChI=1S/C24H24BrFN2O3/c1-3-27-24(30)16(2)28(14-17-8-11-19(26)12-9-17)22(29)15-31-21-13-10-18-6-4-5-7-20(18)23(21)25/h4-13,16H,3,14-15H2,1-2H3,(H,27,30). The molecule has 0 radical (unpaired) electrons. The van der Waals surface area contributed by atoms with Gasteiger partial charge in [-0.3, -0.25) is 9.59 Å². The molecule has 5 nitrogen and oxygen atoms in total. The van der Waals surface area contributed by atoms with Crippen LogP contribution in [-0.4, -0.2) is 35.9 Å². The van der Waals surface area contributed by atoms with E-state index >= 15 is 0 Å². The molecule has 0 bridgehead atoms. The highest BCUT2D eigenvalue weighted by Gasteiger charge is 2.26. The van der Waals surface area contributed by atoms with E-state index < -0.39 is 6.04 Å². The Balaban J connectivity index is 1.78. The molecule has 0 saturated carbocycles. The van der Waals surface area contributed by atoms with Gasteiger partial charge in [0.25, 0.3) is 5.91 Å². The summed E-state index contributed by atoms with van der Waals surface area (Å²) in [6, 6.07) is 16.7. The number of fused-ring (bicyclic) bond motifs is 1. The number of nitrogens with one attached hydrogen (secondary N) is 1. The van der Waals surface area contributed by atoms with E-state index in [9.17, 15) is 14.0 Å². The van der Waals surface area contributed by atoms with Gasteiger partial charge in [0, 0.05) is 13.1 Å². The lowest BCUT2D eigenvalue weighted by Crippen LogP contribution is -2.49. The summed E-state index contributed by atoms with van der Waals surface area (Å²) in [6.45, 7) is 3.87. The monoisotopic (exact) mass is 486 g/mol. The normalized spacial score (nSPS) is 11.7. The quantitative estimate of drug-likeness (QED) is 0.503. The van der Waals surface area contributed by atoms with Crippen LogP contribution >= 0.6 is 15.9 Å². The maximum absolute atomic E-state index is 13.3. The van der Waals surface area contributed by atoms with Crippen LogP contribution in [0.4, 0.5) is 4.39 Å². The van der Waals surface area contributed by atoms with E-state index in [1.165, 1.54) is 17.0 Å². The zero-order valence-corrected chi connectivity index (χ0v) is 19.0. The summed E-state index contributed by atoms with van der Waals surface area (Å²) < 4.78 is 19.8. The van der Waals surface area contributed by atoms with Gasteiger partial charge in [-0.1, -0.05) is 42.5 Å². The third-order valence-corrected chi connectivity index (χ3v) is 5.78. The average molecular weight is 487 g/mol. The number of ether oxygens (including phenoxy) is 1. The van der Waals surface area contributed by atoms with Crippen LogP contribution in [0.5, 0.6) is 5.75 Å². The Morgan fingerprint density at radius 2 is 1.81 bits per heavy atom. The van der Waals surface area contributed by atoms with Crippen LogP contribution < -0.4 is 10.1 Å². The average Bonchev–Trinajstić information content (AvgIpc) is 2.78. The second kappa shape index (κ2) is 10.4. The fraction of sp³-hybridized carbons (Fsp3) is 0.250. The summed E-state index contributed by atoms with van der Waals surface area (Å²) in [5, 5.41) is 4.77. The SMILES string of the molecule is CCNC(=O)C(C)N(Cc1ccc(F)cc1)C(=O)COc1ccc2ccccc2c1Br. The van der Waals surface area contributed by atoms with Crippen molar-refractivity contribution in [3.8, 4) is 5.75 Å². The lowest BCUT2D eigenvalue weighted by Gasteiger charge is -2.28. The Bertz CT molecular complexity index is 1070. The third-order valence-electron chi connectivity index (χ3n) is 4.96. The summed E-state index contributed by atoms with van der Waals surface area (Å²) in [5.74, 6) is -0.421. The predicted octanol–water partition coefficient (Wildman–Crippen LogP) is 4.67. The van der Waals surface area contributed by atoms with Crippen molar-refractivity contribution in [2.75, 3.05) is 13.2 Å². The molecule has 2 amide bonds. The topological polar surface area (TPSA) is 58.6 Å². The number of likely N-dealkylation sites (N-methyl/N-ethyl adjacent to an activating group) is 1. The van der Waals surface area contributed by atoms with Crippen molar-refractivity contribution in [3.05, 3.63) is 76.5 Å². The number of halogens is 2. The van der Waals surface area contributed by atoms with Gasteiger partial charge >= 0.3 is 0 Å². The third kappa shape index (κ3) is 5.61. The zero-order valence-electron chi connectivity index (χ0n) is 17.4. The molecule has 0 aromatic heterocycles. The van der Waals surface area contributed by atoms with E-state index in [2.05, 4.69) is 21.2 Å². The Morgan fingerprint density at radius 3 is 2.52 bits per heavy atom. The van der Waals surface area contributed by atoms with Gasteiger partial charge in [-0.05, 0) is 64.3 Å². The summed E-state index contributed by atoms with van der Waals surface area (Å²) in [7, 11) is 0. The minimum atomic E-state index is -0.707. The van der Waals surface area contributed by atoms with Crippen LogP contribution in [0.1, 0.15) is 19.4 Å². The summed E-state index contributed by atoms with van der Waals surface area (Å²) in [4.78, 5) is 26.9. The Kier molecular flexibility index (Phi) is 7.63. The molecule has 3 aromatic carbocycles. The number of carbonyl (C=O) groups excluding carboxylic acids is 2. The summed E-state index contributed by atoms with van der Waals surface area (Å²) >= 11 is 3.55. The van der Waals surface area contributed by atoms with E-state index in [-0.39, 0.29) is 30.8 Å². The second-order valence-electron chi connectivity index (χ2n) is 7.11. The Hall–Kier alpha value is -2.93. The van der Waals surface area contributed by atoms with E-state index in [4.69, 9.17) is 4.74 Å². The molecule has 0 aliphatic rings. The van der Waals surface area contributed by atoms with Crippen molar-refractivity contribution in [3.63, 3.8) is 0 Å². The molecule has 162 valence electrons. The molecule has 0 fully saturated rings. The number of amides is 2. The van der Waals surface area contributed by atoms with Gasteiger partial charge in [-0.2, -0.15) is 0 Å². The highest BCUT2D eigenvalue weighted by Crippen LogP contribution is 2.33. The first-order valence-electron chi connectivity index (χ1n) is 10.0. The number of hydrogen-bond donors (Lipinski definition) is 1. The highest BCUT2D eigenvalue weighted by molar-refractivity contribution is 9.10. The number of rotatable bonds is 8. The first kappa shape index (κ1) is 22.7. The van der Waals surface area contributed by atoms with Crippen LogP contribution in [0.2, 0.25) is 0 Å². The summed E-state index contributed by atoms with van der Waals surface area (Å²) in [5.41, 5.74) is 0.720. The van der Waals surface area contributed by atoms with E-state index in [1.807, 2.05) is 37.3 Å². The molecule has 1 unspecified atom stereocenters. The van der Waals surface area contributed by atoms with Crippen LogP contribution in [0.3, 0.4) is 0 Å². The summed E-state index contributed by atoms with van der Waals surface area (Å²) in [6.07, 6.45) is 0. The molecule has 0 saturated heterocycles. The molecule has 3 aromatic rings. The number of carbonyl (C=O) groups is 2. The van der Waals surface area contributed by atoms with Crippen molar-refractivity contribution in [2.45, 2.75) is 26.4 Å². The largest absolute Gasteiger partial charge is 0.483 e. The van der Waals surface area contributed by atoms with Gasteiger partial charge in [0.2, 0.25) is 5.91 Å². The zero-order chi connectivity index (χ0) is 22.4. The fourth-order valence-corrected chi connectivity index (χ4v) is 3.85. The first-order chi connectivity index (χ1) is 14.9. The minimum absolute atomic E-state index is 0.166. The second-order valence-corrected chi connectivity index (χ2v) is 7.90. The first-order valence-corrected chi connectivity index (χ1v) is 10.8. The van der Waals surface area contributed by atoms with Crippen molar-refractivity contribution < 1.29 is 18.7 Å². The number of nitrogens with zero attached hydrogens (tertiary/aromatic N) is 1. The van der Waals surface area contributed by atoms with E-state index in [1.54, 1.807) is 25.1 Å². The van der Waals surface area contributed by atoms with Crippen LogP contribution in [0.15, 0.2) is 65.1 Å². The molecular formula is C24H24BrFN2O3. The van der Waals surface area contributed by atoms with Gasteiger partial charge in [-0.15, -0.1) is 0 Å². The predicted molar refractivity (Wildman–Crippen MR) is 122 cm³/mol. The Morgan fingerprint density at radius 1 is 1.10 bits per heavy atom. The molecule has 3 rings (SSSR count). The van der Waals surface area contributed by atoms with Crippen molar-refractivity contribution in [1.82, 2.24) is 10.2 Å². The molecule has 0 spiro atoms. The maximum Gasteiger partial charge on any atom is 0.261 e. The van der Waals surface area contributed by atoms with Crippen molar-refractivity contribution in [2.24, 2.45) is 0 Å². The number of benzene rings is 3. The molecule has 0 aliphatic heterocycles. The number of hydrogen-bond acceptors (Lipinski definition) is 3. The molecule has 1 N–H and O–H groups in total. The van der Waals surface area contributed by atoms with Gasteiger partial charge in [0.05, 0.1) is 4.47 Å². The van der Waals surface area contributed by atoms with Crippen LogP contribution in [0, 0.1) is 5.82 Å². The highest BCUT2D eigenvalue weighted by atomic mass is 79.9. The van der Waals surface area contributed by atoms with Gasteiger partial charge in [0.15, 0.2) is 6.61 Å². The molecular weight excluding hydrogens is 463 g/mol. The minimum Gasteiger partial charge on any atom is -0.483 e. The maximum atomic E-state index is 13.3. The molecule has 0 heterocycles. The van der Waals surface area contributed by atoms with Crippen molar-refractivity contribution >= 4 is 38.5 Å². The van der Waals surface area contributed by atoms with Crippen LogP contribution in [-0.2, 0) is 16.1 Å². The molecule has 1 atom stereocenters. The Labute approximate surface area is 189 Å². The van der Waals surface area contributed by atoms with Crippen molar-refractivity contribution in [1.29, 1.82) is 0 Å². The van der Waals surface area contributed by atoms with Gasteiger partial charge < -0.3 is 15.0 Å². The lowest BCUT2D eigenvalue weighted by molar-refractivity contribution is -0.142.